The van der Waals surface area contributed by atoms with Gasteiger partial charge >= 0.3 is 0 Å². The van der Waals surface area contributed by atoms with Crippen molar-refractivity contribution in [1.29, 1.82) is 5.41 Å². The normalized spacial score (nSPS) is 17.8. The number of nitrogens with one attached hydrogen (secondary N) is 4. The molecule has 4 N–H and O–H groups in total. The first-order valence-corrected chi connectivity index (χ1v) is 14.5. The monoisotopic (exact) mass is 570 g/mol. The molecule has 39 heavy (non-hydrogen) atoms. The highest BCUT2D eigenvalue weighted by Gasteiger charge is 2.21. The Hall–Kier alpha value is -2.97. The zero-order valence-electron chi connectivity index (χ0n) is 22.1. The maximum absolute atomic E-state index is 12.8. The molecule has 1 aliphatic rings. The topological polar surface area (TPSA) is 127 Å². The predicted octanol–water partition coefficient (Wildman–Crippen LogP) is 6.98. The van der Waals surface area contributed by atoms with Gasteiger partial charge in [-0.1, -0.05) is 74.2 Å². The molecule has 0 radical (unpaired) electrons. The van der Waals surface area contributed by atoms with Gasteiger partial charge in [0.05, 0.1) is 28.3 Å². The van der Waals surface area contributed by atoms with Crippen molar-refractivity contribution in [1.82, 2.24) is 19.9 Å². The Morgan fingerprint density at radius 3 is 2.64 bits per heavy atom. The third-order valence-electron chi connectivity index (χ3n) is 7.65. The minimum atomic E-state index is -0.212. The number of carbonyl (C=O) groups excluding carboxylic acids is 1. The van der Waals surface area contributed by atoms with Crippen molar-refractivity contribution in [3.05, 3.63) is 73.6 Å². The van der Waals surface area contributed by atoms with Gasteiger partial charge in [0, 0.05) is 24.7 Å². The minimum Gasteiger partial charge on any atom is -0.352 e. The number of Topliss-reactive ketones (excluding diaryl/α,β-unsaturated/α-hetero) is 1. The third-order valence-corrected chi connectivity index (χ3v) is 8.39. The van der Waals surface area contributed by atoms with E-state index >= 15 is 0 Å². The first-order chi connectivity index (χ1) is 18.9. The van der Waals surface area contributed by atoms with Crippen LogP contribution in [0.4, 0.5) is 5.95 Å². The van der Waals surface area contributed by atoms with Crippen molar-refractivity contribution in [2.24, 2.45) is 11.8 Å². The lowest BCUT2D eigenvalue weighted by molar-refractivity contribution is 0.0946. The molecule has 0 saturated heterocycles. The molecule has 1 saturated carbocycles. The van der Waals surface area contributed by atoms with Crippen molar-refractivity contribution in [3.63, 3.8) is 0 Å². The second-order valence-electron chi connectivity index (χ2n) is 10.5. The van der Waals surface area contributed by atoms with Gasteiger partial charge < -0.3 is 15.7 Å². The molecule has 0 spiro atoms. The molecule has 2 atom stereocenters. The number of aromatic amines is 2. The van der Waals surface area contributed by atoms with E-state index in [-0.39, 0.29) is 11.3 Å². The molecule has 208 valence electrons. The zero-order valence-corrected chi connectivity index (χ0v) is 23.6. The van der Waals surface area contributed by atoms with Gasteiger partial charge in [0.2, 0.25) is 5.95 Å². The molecule has 8 nitrogen and oxygen atoms in total. The number of imidazole rings is 1. The van der Waals surface area contributed by atoms with E-state index in [0.29, 0.717) is 64.2 Å². The average Bonchev–Trinajstić information content (AvgIpc) is 3.46. The molecular formula is C29H36Cl2N6O2. The van der Waals surface area contributed by atoms with Gasteiger partial charge in [-0.3, -0.25) is 14.6 Å². The van der Waals surface area contributed by atoms with Crippen LogP contribution >= 0.6 is 23.2 Å². The minimum absolute atomic E-state index is 0.158. The number of H-pyrrole nitrogens is 2. The second-order valence-corrected chi connectivity index (χ2v) is 11.3. The number of aromatic nitrogens is 4. The van der Waals surface area contributed by atoms with Gasteiger partial charge in [0.1, 0.15) is 5.69 Å². The lowest BCUT2D eigenvalue weighted by atomic mass is 9.81. The number of hydrogen-bond donors (Lipinski definition) is 4. The SMILES string of the molecule is N=Cc1nc(NCc2ccc(Cl)c(Cl)c2)[nH]c(=O)c1CCCCC1CCCCC(CC(=O)c2cnc[nH]2)CC1. The first kappa shape index (κ1) is 29.0. The summed E-state index contributed by atoms with van der Waals surface area (Å²) in [5, 5.41) is 11.8. The Kier molecular flexibility index (Phi) is 10.7. The zero-order chi connectivity index (χ0) is 27.6. The number of unbranched alkanes of at least 4 members (excludes halogenated alkanes) is 1. The molecule has 2 aromatic heterocycles. The smallest absolute Gasteiger partial charge is 0.256 e. The number of rotatable bonds is 12. The van der Waals surface area contributed by atoms with Crippen LogP contribution in [0, 0.1) is 17.2 Å². The molecular weight excluding hydrogens is 535 g/mol. The Morgan fingerprint density at radius 1 is 1.10 bits per heavy atom. The summed E-state index contributed by atoms with van der Waals surface area (Å²) in [5.74, 6) is 1.57. The maximum atomic E-state index is 12.8. The van der Waals surface area contributed by atoms with E-state index in [4.69, 9.17) is 28.6 Å². The summed E-state index contributed by atoms with van der Waals surface area (Å²) in [4.78, 5) is 39.4. The Labute approximate surface area is 238 Å². The number of hydrogen-bond acceptors (Lipinski definition) is 6. The Morgan fingerprint density at radius 2 is 1.90 bits per heavy atom. The van der Waals surface area contributed by atoms with Crippen LogP contribution < -0.4 is 10.9 Å². The fourth-order valence-corrected chi connectivity index (χ4v) is 5.75. The van der Waals surface area contributed by atoms with Crippen LogP contribution in [0.15, 0.2) is 35.5 Å². The summed E-state index contributed by atoms with van der Waals surface area (Å²) in [5.41, 5.74) is 2.25. The van der Waals surface area contributed by atoms with Gasteiger partial charge in [-0.2, -0.15) is 0 Å². The highest BCUT2D eigenvalue weighted by molar-refractivity contribution is 6.42. The van der Waals surface area contributed by atoms with Gasteiger partial charge in [-0.05, 0) is 48.8 Å². The van der Waals surface area contributed by atoms with Crippen molar-refractivity contribution in [3.8, 4) is 0 Å². The van der Waals surface area contributed by atoms with E-state index in [1.807, 2.05) is 6.07 Å². The van der Waals surface area contributed by atoms with Gasteiger partial charge in [-0.15, -0.1) is 0 Å². The molecule has 2 heterocycles. The van der Waals surface area contributed by atoms with E-state index in [2.05, 4.69) is 25.3 Å². The standard InChI is InChI=1S/C29H36Cl2N6O2/c30-23-12-11-21(13-24(23)31)16-34-29-36-25(15-32)22(28(39)37-29)8-4-3-6-19-5-1-2-7-20(10-9-19)14-27(38)26-17-33-18-35-26/h11-13,15,17-20,32H,1-10,14,16H2,(H,33,35)(H2,34,36,37,39). The molecule has 1 aliphatic carbocycles. The maximum Gasteiger partial charge on any atom is 0.256 e. The van der Waals surface area contributed by atoms with Crippen molar-refractivity contribution in [2.45, 2.75) is 77.2 Å². The summed E-state index contributed by atoms with van der Waals surface area (Å²) in [6.45, 7) is 0.413. The summed E-state index contributed by atoms with van der Waals surface area (Å²) in [7, 11) is 0. The quantitative estimate of drug-likeness (QED) is 0.106. The predicted molar refractivity (Wildman–Crippen MR) is 156 cm³/mol. The van der Waals surface area contributed by atoms with Crippen LogP contribution in [0.25, 0.3) is 0 Å². The summed E-state index contributed by atoms with van der Waals surface area (Å²) in [6, 6.07) is 5.34. The molecule has 1 aromatic carbocycles. The molecule has 0 aliphatic heterocycles. The third kappa shape index (κ3) is 8.51. The molecule has 0 amide bonds. The lowest BCUT2D eigenvalue weighted by Gasteiger charge is -2.24. The van der Waals surface area contributed by atoms with E-state index in [9.17, 15) is 9.59 Å². The Balaban J connectivity index is 1.24. The van der Waals surface area contributed by atoms with Crippen LogP contribution in [0.2, 0.25) is 10.0 Å². The lowest BCUT2D eigenvalue weighted by Crippen LogP contribution is -2.20. The molecule has 0 bridgehead atoms. The summed E-state index contributed by atoms with van der Waals surface area (Å²) < 4.78 is 0. The number of benzene rings is 1. The van der Waals surface area contributed by atoms with E-state index < -0.39 is 0 Å². The fraction of sp³-hybridized carbons (Fsp3) is 0.483. The molecule has 2 unspecified atom stereocenters. The van der Waals surface area contributed by atoms with Crippen LogP contribution in [0.3, 0.4) is 0 Å². The number of anilines is 1. The molecule has 4 rings (SSSR count). The van der Waals surface area contributed by atoms with Gasteiger partial charge in [0.25, 0.3) is 5.56 Å². The van der Waals surface area contributed by atoms with Crippen LogP contribution in [0.5, 0.6) is 0 Å². The average molecular weight is 572 g/mol. The first-order valence-electron chi connectivity index (χ1n) is 13.8. The summed E-state index contributed by atoms with van der Waals surface area (Å²) in [6.07, 6.45) is 15.5. The number of ketones is 1. The highest BCUT2D eigenvalue weighted by atomic mass is 35.5. The van der Waals surface area contributed by atoms with E-state index in [0.717, 1.165) is 50.3 Å². The molecule has 1 fully saturated rings. The van der Waals surface area contributed by atoms with E-state index in [1.54, 1.807) is 24.7 Å². The molecule has 10 heteroatoms. The van der Waals surface area contributed by atoms with Crippen molar-refractivity contribution >= 4 is 41.1 Å². The van der Waals surface area contributed by atoms with Gasteiger partial charge in [-0.25, -0.2) is 9.97 Å². The number of carbonyl (C=O) groups is 1. The number of halogens is 2. The Bertz CT molecular complexity index is 1310. The van der Waals surface area contributed by atoms with Crippen LogP contribution in [-0.2, 0) is 13.0 Å². The van der Waals surface area contributed by atoms with Gasteiger partial charge in [0.15, 0.2) is 5.78 Å². The van der Waals surface area contributed by atoms with Crippen LogP contribution in [-0.4, -0.2) is 31.9 Å². The summed E-state index contributed by atoms with van der Waals surface area (Å²) >= 11 is 12.1. The fourth-order valence-electron chi connectivity index (χ4n) is 5.43. The highest BCUT2D eigenvalue weighted by Crippen LogP contribution is 2.31. The van der Waals surface area contributed by atoms with Crippen molar-refractivity contribution < 1.29 is 4.79 Å². The number of nitrogens with zero attached hydrogens (tertiary/aromatic N) is 2. The van der Waals surface area contributed by atoms with Crippen LogP contribution in [0.1, 0.15) is 91.5 Å². The largest absolute Gasteiger partial charge is 0.352 e. The molecule has 3 aromatic rings. The van der Waals surface area contributed by atoms with Crippen molar-refractivity contribution in [2.75, 3.05) is 5.32 Å². The second kappa shape index (κ2) is 14.4. The van der Waals surface area contributed by atoms with E-state index in [1.165, 1.54) is 19.3 Å².